The molecule has 2 aromatic carbocycles. The van der Waals surface area contributed by atoms with E-state index in [1.54, 1.807) is 6.07 Å². The second kappa shape index (κ2) is 5.04. The van der Waals surface area contributed by atoms with Gasteiger partial charge in [-0.25, -0.2) is 0 Å². The Labute approximate surface area is 111 Å². The molecule has 1 aliphatic rings. The number of hydrogen-bond acceptors (Lipinski definition) is 3. The van der Waals surface area contributed by atoms with Gasteiger partial charge < -0.3 is 10.4 Å². The summed E-state index contributed by atoms with van der Waals surface area (Å²) in [6, 6.07) is 15.8. The van der Waals surface area contributed by atoms with Crippen molar-refractivity contribution in [1.82, 2.24) is 5.32 Å². The predicted molar refractivity (Wildman–Crippen MR) is 76.7 cm³/mol. The number of rotatable bonds is 2. The zero-order valence-electron chi connectivity index (χ0n) is 9.97. The number of hydrogen-bond donors (Lipinski definition) is 2. The molecule has 1 heterocycles. The van der Waals surface area contributed by atoms with Gasteiger partial charge in [0, 0.05) is 17.9 Å². The van der Waals surface area contributed by atoms with E-state index in [9.17, 15) is 5.11 Å². The van der Waals surface area contributed by atoms with Crippen molar-refractivity contribution >= 4 is 11.8 Å². The van der Waals surface area contributed by atoms with Crippen LogP contribution in [0.2, 0.25) is 0 Å². The maximum atomic E-state index is 10.0. The lowest BCUT2D eigenvalue weighted by Crippen LogP contribution is -2.12. The van der Waals surface area contributed by atoms with E-state index in [1.807, 2.05) is 36.0 Å². The Bertz CT molecular complexity index is 550. The van der Waals surface area contributed by atoms with Crippen LogP contribution in [0.1, 0.15) is 10.9 Å². The van der Waals surface area contributed by atoms with Crippen molar-refractivity contribution in [3.8, 4) is 16.9 Å². The van der Waals surface area contributed by atoms with Crippen LogP contribution in [-0.4, -0.2) is 17.4 Å². The van der Waals surface area contributed by atoms with Gasteiger partial charge in [0.2, 0.25) is 0 Å². The van der Waals surface area contributed by atoms with Gasteiger partial charge in [0.25, 0.3) is 0 Å². The molecule has 0 bridgehead atoms. The topological polar surface area (TPSA) is 32.3 Å². The highest BCUT2D eigenvalue weighted by Crippen LogP contribution is 2.39. The molecule has 92 valence electrons. The van der Waals surface area contributed by atoms with E-state index in [2.05, 4.69) is 23.5 Å². The molecule has 1 fully saturated rings. The molecule has 0 radical (unpaired) electrons. The predicted octanol–water partition coefficient (Wildman–Crippen LogP) is 3.39. The maximum Gasteiger partial charge on any atom is 0.123 e. The van der Waals surface area contributed by atoms with Gasteiger partial charge in [0.1, 0.15) is 5.75 Å². The van der Waals surface area contributed by atoms with Crippen LogP contribution >= 0.6 is 11.8 Å². The maximum absolute atomic E-state index is 10.0. The van der Waals surface area contributed by atoms with E-state index in [-0.39, 0.29) is 0 Å². The van der Waals surface area contributed by atoms with Gasteiger partial charge in [0.15, 0.2) is 0 Å². The zero-order valence-corrected chi connectivity index (χ0v) is 10.8. The summed E-state index contributed by atoms with van der Waals surface area (Å²) in [5, 5.41) is 13.8. The van der Waals surface area contributed by atoms with Gasteiger partial charge in [-0.05, 0) is 17.2 Å². The van der Waals surface area contributed by atoms with Crippen molar-refractivity contribution in [2.45, 2.75) is 5.37 Å². The first-order chi connectivity index (χ1) is 8.86. The molecule has 18 heavy (non-hydrogen) atoms. The van der Waals surface area contributed by atoms with Crippen molar-refractivity contribution < 1.29 is 5.11 Å². The summed E-state index contributed by atoms with van der Waals surface area (Å²) in [5.41, 5.74) is 3.27. The van der Waals surface area contributed by atoms with Crippen LogP contribution < -0.4 is 5.32 Å². The summed E-state index contributed by atoms with van der Waals surface area (Å²) in [4.78, 5) is 0. The number of benzene rings is 2. The van der Waals surface area contributed by atoms with Crippen LogP contribution in [-0.2, 0) is 0 Å². The Morgan fingerprint density at radius 3 is 2.44 bits per heavy atom. The molecule has 1 unspecified atom stereocenters. The minimum atomic E-state index is 0.334. The highest BCUT2D eigenvalue weighted by molar-refractivity contribution is 7.99. The molecule has 1 aliphatic heterocycles. The molecule has 3 heteroatoms. The molecular formula is C15H15NOS. The summed E-state index contributed by atoms with van der Waals surface area (Å²) in [6.07, 6.45) is 0. The second-order valence-corrected chi connectivity index (χ2v) is 5.52. The fourth-order valence-electron chi connectivity index (χ4n) is 2.30. The molecule has 2 aromatic rings. The molecule has 2 N–H and O–H groups in total. The number of thioether (sulfide) groups is 1. The van der Waals surface area contributed by atoms with Crippen molar-refractivity contribution in [2.24, 2.45) is 0 Å². The minimum absolute atomic E-state index is 0.334. The summed E-state index contributed by atoms with van der Waals surface area (Å²) >= 11 is 1.92. The van der Waals surface area contributed by atoms with Crippen LogP contribution in [0.4, 0.5) is 0 Å². The van der Waals surface area contributed by atoms with Gasteiger partial charge >= 0.3 is 0 Å². The van der Waals surface area contributed by atoms with E-state index in [1.165, 1.54) is 5.56 Å². The first kappa shape index (κ1) is 11.6. The summed E-state index contributed by atoms with van der Waals surface area (Å²) in [7, 11) is 0. The van der Waals surface area contributed by atoms with Crippen LogP contribution in [0.15, 0.2) is 48.5 Å². The van der Waals surface area contributed by atoms with E-state index in [4.69, 9.17) is 0 Å². The van der Waals surface area contributed by atoms with Crippen molar-refractivity contribution in [3.05, 3.63) is 54.1 Å². The fraction of sp³-hybridized carbons (Fsp3) is 0.200. The molecule has 0 spiro atoms. The third kappa shape index (κ3) is 2.11. The summed E-state index contributed by atoms with van der Waals surface area (Å²) < 4.78 is 0. The first-order valence-corrected chi connectivity index (χ1v) is 7.13. The quantitative estimate of drug-likeness (QED) is 0.865. The Balaban J connectivity index is 2.09. The van der Waals surface area contributed by atoms with Crippen LogP contribution in [0, 0.1) is 0 Å². The van der Waals surface area contributed by atoms with Gasteiger partial charge in [-0.2, -0.15) is 0 Å². The zero-order chi connectivity index (χ0) is 12.4. The average molecular weight is 257 g/mol. The molecule has 0 aromatic heterocycles. The number of para-hydroxylation sites is 1. The van der Waals surface area contributed by atoms with Gasteiger partial charge in [-0.15, -0.1) is 11.8 Å². The molecule has 1 atom stereocenters. The molecule has 3 rings (SSSR count). The highest BCUT2D eigenvalue weighted by atomic mass is 32.2. The number of nitrogens with one attached hydrogen (secondary N) is 1. The Kier molecular flexibility index (Phi) is 3.26. The lowest BCUT2D eigenvalue weighted by molar-refractivity contribution is 0.477. The second-order valence-electron chi connectivity index (χ2n) is 4.31. The normalized spacial score (nSPS) is 19.0. The van der Waals surface area contributed by atoms with Crippen LogP contribution in [0.5, 0.6) is 5.75 Å². The summed E-state index contributed by atoms with van der Waals surface area (Å²) in [6.45, 7) is 1.05. The molecule has 0 aliphatic carbocycles. The van der Waals surface area contributed by atoms with Gasteiger partial charge in [0.05, 0.1) is 5.37 Å². The van der Waals surface area contributed by atoms with E-state index < -0.39 is 0 Å². The number of aromatic hydroxyl groups is 1. The Morgan fingerprint density at radius 2 is 1.72 bits per heavy atom. The molecular weight excluding hydrogens is 242 g/mol. The fourth-order valence-corrected chi connectivity index (χ4v) is 3.39. The molecule has 0 saturated carbocycles. The molecule has 1 saturated heterocycles. The molecule has 0 amide bonds. The lowest BCUT2D eigenvalue weighted by Gasteiger charge is -2.16. The molecule has 2 nitrogen and oxygen atoms in total. The van der Waals surface area contributed by atoms with Crippen molar-refractivity contribution in [3.63, 3.8) is 0 Å². The smallest absolute Gasteiger partial charge is 0.123 e. The third-order valence-electron chi connectivity index (χ3n) is 3.15. The van der Waals surface area contributed by atoms with Crippen molar-refractivity contribution in [1.29, 1.82) is 0 Å². The highest BCUT2D eigenvalue weighted by Gasteiger charge is 2.20. The first-order valence-electron chi connectivity index (χ1n) is 6.08. The van der Waals surface area contributed by atoms with Crippen molar-refractivity contribution in [2.75, 3.05) is 12.3 Å². The monoisotopic (exact) mass is 257 g/mol. The van der Waals surface area contributed by atoms with E-state index >= 15 is 0 Å². The van der Waals surface area contributed by atoms with Gasteiger partial charge in [-0.3, -0.25) is 0 Å². The van der Waals surface area contributed by atoms with E-state index in [0.29, 0.717) is 11.1 Å². The van der Waals surface area contributed by atoms with E-state index in [0.717, 1.165) is 23.4 Å². The Hall–Kier alpha value is -1.45. The third-order valence-corrected chi connectivity index (χ3v) is 4.35. The summed E-state index contributed by atoms with van der Waals surface area (Å²) in [5.74, 6) is 1.48. The lowest BCUT2D eigenvalue weighted by atomic mass is 9.98. The number of phenolic OH excluding ortho intramolecular Hbond substituents is 1. The average Bonchev–Trinajstić information content (AvgIpc) is 2.93. The standard InChI is InChI=1S/C15H15NOS/c17-14-8-4-3-6-12(14)11-5-1-2-7-13(11)15-16-9-10-18-15/h1-8,15-17H,9-10H2. The van der Waals surface area contributed by atoms with Gasteiger partial charge in [-0.1, -0.05) is 42.5 Å². The van der Waals surface area contributed by atoms with Crippen LogP contribution in [0.3, 0.4) is 0 Å². The Morgan fingerprint density at radius 1 is 1.00 bits per heavy atom. The minimum Gasteiger partial charge on any atom is -0.507 e. The SMILES string of the molecule is Oc1ccccc1-c1ccccc1C1NCCS1. The largest absolute Gasteiger partial charge is 0.507 e. The van der Waals surface area contributed by atoms with Crippen LogP contribution in [0.25, 0.3) is 11.1 Å². The number of phenols is 1.